The van der Waals surface area contributed by atoms with Gasteiger partial charge in [-0.3, -0.25) is 4.79 Å². The minimum absolute atomic E-state index is 0.0158. The Hall–Kier alpha value is -2.24. The molecule has 1 aromatic rings. The predicted molar refractivity (Wildman–Crippen MR) is 93.1 cm³/mol. The number of hydrogen-bond donors (Lipinski definition) is 3. The number of carboxylic acid groups (broad SMARTS) is 1. The first kappa shape index (κ1) is 18.8. The standard InChI is InChI=1S/C17H27N3O3/c1-12(2)20(5)14-8-6-7-13(11-14)18-16(23)19-17(3,4)10-9-15(21)22/h6-8,11-12H,9-10H2,1-5H3,(H,21,22)(H2,18,19,23). The van der Waals surface area contributed by atoms with E-state index in [-0.39, 0.29) is 12.5 Å². The minimum atomic E-state index is -0.871. The van der Waals surface area contributed by atoms with Gasteiger partial charge in [0.15, 0.2) is 0 Å². The van der Waals surface area contributed by atoms with Gasteiger partial charge in [0.2, 0.25) is 0 Å². The molecule has 6 heteroatoms. The third kappa shape index (κ3) is 6.59. The van der Waals surface area contributed by atoms with Crippen LogP contribution in [-0.4, -0.2) is 35.7 Å². The zero-order chi connectivity index (χ0) is 17.6. The monoisotopic (exact) mass is 321 g/mol. The van der Waals surface area contributed by atoms with E-state index < -0.39 is 11.5 Å². The number of urea groups is 1. The average molecular weight is 321 g/mol. The zero-order valence-electron chi connectivity index (χ0n) is 14.5. The van der Waals surface area contributed by atoms with Gasteiger partial charge in [-0.25, -0.2) is 4.79 Å². The normalized spacial score (nSPS) is 11.2. The molecule has 0 fully saturated rings. The number of rotatable bonds is 7. The highest BCUT2D eigenvalue weighted by Gasteiger charge is 2.21. The summed E-state index contributed by atoms with van der Waals surface area (Å²) in [7, 11) is 2.00. The first-order chi connectivity index (χ1) is 10.6. The van der Waals surface area contributed by atoms with Crippen LogP contribution in [0.4, 0.5) is 16.2 Å². The van der Waals surface area contributed by atoms with Gasteiger partial charge >= 0.3 is 12.0 Å². The molecule has 0 atom stereocenters. The van der Waals surface area contributed by atoms with Crippen LogP contribution >= 0.6 is 0 Å². The molecule has 0 saturated heterocycles. The highest BCUT2D eigenvalue weighted by Crippen LogP contribution is 2.20. The maximum atomic E-state index is 12.1. The quantitative estimate of drug-likeness (QED) is 0.720. The van der Waals surface area contributed by atoms with Gasteiger partial charge in [-0.2, -0.15) is 0 Å². The van der Waals surface area contributed by atoms with E-state index in [4.69, 9.17) is 5.11 Å². The highest BCUT2D eigenvalue weighted by atomic mass is 16.4. The van der Waals surface area contributed by atoms with Crippen molar-refractivity contribution in [2.24, 2.45) is 0 Å². The first-order valence-electron chi connectivity index (χ1n) is 7.74. The number of carboxylic acids is 1. The molecule has 2 amide bonds. The average Bonchev–Trinajstić information content (AvgIpc) is 2.44. The molecule has 0 aliphatic rings. The summed E-state index contributed by atoms with van der Waals surface area (Å²) < 4.78 is 0. The lowest BCUT2D eigenvalue weighted by Crippen LogP contribution is -2.45. The van der Waals surface area contributed by atoms with Crippen molar-refractivity contribution in [1.29, 1.82) is 0 Å². The lowest BCUT2D eigenvalue weighted by molar-refractivity contribution is -0.137. The van der Waals surface area contributed by atoms with E-state index >= 15 is 0 Å². The van der Waals surface area contributed by atoms with Gasteiger partial charge in [-0.15, -0.1) is 0 Å². The molecule has 0 aliphatic heterocycles. The van der Waals surface area contributed by atoms with Crippen LogP contribution in [-0.2, 0) is 4.79 Å². The van der Waals surface area contributed by atoms with Crippen LogP contribution in [0.3, 0.4) is 0 Å². The van der Waals surface area contributed by atoms with Gasteiger partial charge in [-0.05, 0) is 52.3 Å². The Morgan fingerprint density at radius 3 is 2.52 bits per heavy atom. The van der Waals surface area contributed by atoms with Crippen molar-refractivity contribution in [2.75, 3.05) is 17.3 Å². The second-order valence-corrected chi connectivity index (χ2v) is 6.61. The third-order valence-corrected chi connectivity index (χ3v) is 3.70. The smallest absolute Gasteiger partial charge is 0.319 e. The maximum absolute atomic E-state index is 12.1. The Labute approximate surface area is 137 Å². The molecule has 0 aliphatic carbocycles. The van der Waals surface area contributed by atoms with Crippen LogP contribution in [0.5, 0.6) is 0 Å². The lowest BCUT2D eigenvalue weighted by atomic mass is 9.99. The fourth-order valence-electron chi connectivity index (χ4n) is 2.05. The number of benzene rings is 1. The van der Waals surface area contributed by atoms with Crippen molar-refractivity contribution in [3.63, 3.8) is 0 Å². The van der Waals surface area contributed by atoms with Crippen molar-refractivity contribution >= 4 is 23.4 Å². The zero-order valence-corrected chi connectivity index (χ0v) is 14.5. The van der Waals surface area contributed by atoms with Crippen LogP contribution in [0.25, 0.3) is 0 Å². The molecule has 23 heavy (non-hydrogen) atoms. The van der Waals surface area contributed by atoms with Crippen molar-refractivity contribution in [3.8, 4) is 0 Å². The second kappa shape index (κ2) is 7.85. The number of carbonyl (C=O) groups is 2. The summed E-state index contributed by atoms with van der Waals surface area (Å²) in [6, 6.07) is 7.61. The van der Waals surface area contributed by atoms with Crippen molar-refractivity contribution < 1.29 is 14.7 Å². The molecule has 0 bridgehead atoms. The van der Waals surface area contributed by atoms with E-state index in [2.05, 4.69) is 29.4 Å². The molecule has 6 nitrogen and oxygen atoms in total. The fourth-order valence-corrected chi connectivity index (χ4v) is 2.05. The van der Waals surface area contributed by atoms with Crippen LogP contribution in [0.1, 0.15) is 40.5 Å². The molecule has 1 rings (SSSR count). The number of nitrogens with zero attached hydrogens (tertiary/aromatic N) is 1. The Morgan fingerprint density at radius 2 is 1.96 bits per heavy atom. The number of nitrogens with one attached hydrogen (secondary N) is 2. The number of hydrogen-bond acceptors (Lipinski definition) is 3. The Balaban J connectivity index is 2.67. The fraction of sp³-hybridized carbons (Fsp3) is 0.529. The number of carbonyl (C=O) groups excluding carboxylic acids is 1. The lowest BCUT2D eigenvalue weighted by Gasteiger charge is -2.26. The summed E-state index contributed by atoms with van der Waals surface area (Å²) in [6.07, 6.45) is 0.383. The van der Waals surface area contributed by atoms with Crippen LogP contribution in [0.2, 0.25) is 0 Å². The summed E-state index contributed by atoms with van der Waals surface area (Å²) in [5.74, 6) is -0.871. The molecule has 0 heterocycles. The summed E-state index contributed by atoms with van der Waals surface area (Å²) in [5.41, 5.74) is 1.12. The molecular weight excluding hydrogens is 294 g/mol. The molecule has 0 unspecified atom stereocenters. The molecule has 0 aromatic heterocycles. The van der Waals surface area contributed by atoms with Gasteiger partial charge in [0.25, 0.3) is 0 Å². The van der Waals surface area contributed by atoms with Crippen LogP contribution < -0.4 is 15.5 Å². The second-order valence-electron chi connectivity index (χ2n) is 6.61. The molecule has 0 radical (unpaired) electrons. The van der Waals surface area contributed by atoms with E-state index in [0.29, 0.717) is 18.2 Å². The predicted octanol–water partition coefficient (Wildman–Crippen LogP) is 3.30. The SMILES string of the molecule is CC(C)N(C)c1cccc(NC(=O)NC(C)(C)CCC(=O)O)c1. The maximum Gasteiger partial charge on any atom is 0.319 e. The molecule has 1 aromatic carbocycles. The molecule has 3 N–H and O–H groups in total. The van der Waals surface area contributed by atoms with E-state index in [0.717, 1.165) is 5.69 Å². The largest absolute Gasteiger partial charge is 0.481 e. The van der Waals surface area contributed by atoms with Crippen LogP contribution in [0, 0.1) is 0 Å². The summed E-state index contributed by atoms with van der Waals surface area (Å²) >= 11 is 0. The Kier molecular flexibility index (Phi) is 6.42. The number of amides is 2. The summed E-state index contributed by atoms with van der Waals surface area (Å²) in [5, 5.41) is 14.3. The Morgan fingerprint density at radius 1 is 1.30 bits per heavy atom. The topological polar surface area (TPSA) is 81.7 Å². The molecule has 128 valence electrons. The first-order valence-corrected chi connectivity index (χ1v) is 7.74. The van der Waals surface area contributed by atoms with Gasteiger partial charge in [0.1, 0.15) is 0 Å². The van der Waals surface area contributed by atoms with E-state index in [1.54, 1.807) is 13.8 Å². The van der Waals surface area contributed by atoms with E-state index in [9.17, 15) is 9.59 Å². The third-order valence-electron chi connectivity index (χ3n) is 3.70. The van der Waals surface area contributed by atoms with Gasteiger partial charge in [0, 0.05) is 36.4 Å². The van der Waals surface area contributed by atoms with Gasteiger partial charge in [0.05, 0.1) is 0 Å². The number of anilines is 2. The minimum Gasteiger partial charge on any atom is -0.481 e. The van der Waals surface area contributed by atoms with Crippen LogP contribution in [0.15, 0.2) is 24.3 Å². The van der Waals surface area contributed by atoms with Gasteiger partial charge in [-0.1, -0.05) is 6.07 Å². The summed E-state index contributed by atoms with van der Waals surface area (Å²) in [4.78, 5) is 24.9. The van der Waals surface area contributed by atoms with E-state index in [1.807, 2.05) is 31.3 Å². The number of aliphatic carboxylic acids is 1. The molecule has 0 spiro atoms. The van der Waals surface area contributed by atoms with E-state index in [1.165, 1.54) is 0 Å². The summed E-state index contributed by atoms with van der Waals surface area (Å²) in [6.45, 7) is 7.80. The highest BCUT2D eigenvalue weighted by molar-refractivity contribution is 5.90. The van der Waals surface area contributed by atoms with Crippen molar-refractivity contribution in [1.82, 2.24) is 5.32 Å². The van der Waals surface area contributed by atoms with Gasteiger partial charge < -0.3 is 20.6 Å². The van der Waals surface area contributed by atoms with Crippen molar-refractivity contribution in [3.05, 3.63) is 24.3 Å². The Bertz CT molecular complexity index is 556. The molecule has 0 saturated carbocycles. The molecular formula is C17H27N3O3. The van der Waals surface area contributed by atoms with Crippen molar-refractivity contribution in [2.45, 2.75) is 52.1 Å².